The molecule has 0 aliphatic carbocycles. The lowest BCUT2D eigenvalue weighted by Gasteiger charge is -2.10. The molecular weight excluding hydrogens is 228 g/mol. The molecule has 2 nitrogen and oxygen atoms in total. The van der Waals surface area contributed by atoms with Crippen LogP contribution in [0.4, 0.5) is 0 Å². The van der Waals surface area contributed by atoms with Crippen molar-refractivity contribution >= 4 is 22.9 Å². The van der Waals surface area contributed by atoms with Gasteiger partial charge in [-0.1, -0.05) is 13.0 Å². The van der Waals surface area contributed by atoms with E-state index in [1.807, 2.05) is 18.5 Å². The van der Waals surface area contributed by atoms with Crippen molar-refractivity contribution in [2.75, 3.05) is 5.88 Å². The summed E-state index contributed by atoms with van der Waals surface area (Å²) in [6.45, 7) is 3.07. The number of nitrogens with zero attached hydrogens (tertiary/aromatic N) is 2. The van der Waals surface area contributed by atoms with E-state index in [1.165, 1.54) is 4.88 Å². The van der Waals surface area contributed by atoms with Crippen LogP contribution in [0.25, 0.3) is 10.7 Å². The lowest BCUT2D eigenvalue weighted by atomic mass is 10.2. The average molecular weight is 241 g/mol. The second-order valence-electron chi connectivity index (χ2n) is 3.64. The summed E-state index contributed by atoms with van der Waals surface area (Å²) in [4.78, 5) is 5.59. The van der Waals surface area contributed by atoms with Crippen molar-refractivity contribution in [2.45, 2.75) is 13.5 Å². The number of hydrogen-bond acceptors (Lipinski definition) is 2. The maximum absolute atomic E-state index is 5.82. The highest BCUT2D eigenvalue weighted by molar-refractivity contribution is 7.13. The van der Waals surface area contributed by atoms with Crippen molar-refractivity contribution < 1.29 is 0 Å². The topological polar surface area (TPSA) is 17.8 Å². The number of aromatic nitrogens is 2. The van der Waals surface area contributed by atoms with Crippen LogP contribution in [0, 0.1) is 5.92 Å². The molecule has 0 bridgehead atoms. The first kappa shape index (κ1) is 10.7. The van der Waals surface area contributed by atoms with Crippen LogP contribution in [0.3, 0.4) is 0 Å². The van der Waals surface area contributed by atoms with E-state index in [-0.39, 0.29) is 0 Å². The number of rotatable bonds is 4. The van der Waals surface area contributed by atoms with Crippen LogP contribution in [0.5, 0.6) is 0 Å². The van der Waals surface area contributed by atoms with E-state index in [4.69, 9.17) is 11.6 Å². The van der Waals surface area contributed by atoms with Crippen molar-refractivity contribution in [2.24, 2.45) is 5.92 Å². The van der Waals surface area contributed by atoms with Gasteiger partial charge in [0, 0.05) is 24.8 Å². The molecule has 0 saturated heterocycles. The molecule has 0 fully saturated rings. The highest BCUT2D eigenvalue weighted by Crippen LogP contribution is 2.23. The molecule has 0 aromatic carbocycles. The summed E-state index contributed by atoms with van der Waals surface area (Å²) < 4.78 is 2.17. The van der Waals surface area contributed by atoms with Gasteiger partial charge in [0.05, 0.1) is 4.88 Å². The molecule has 0 aliphatic rings. The number of alkyl halides is 1. The summed E-state index contributed by atoms with van der Waals surface area (Å²) in [5, 5.41) is 2.07. The molecular formula is C11H13ClN2S. The highest BCUT2D eigenvalue weighted by atomic mass is 35.5. The molecule has 0 N–H and O–H groups in total. The molecule has 0 saturated carbocycles. The highest BCUT2D eigenvalue weighted by Gasteiger charge is 2.09. The molecule has 1 atom stereocenters. The van der Waals surface area contributed by atoms with Crippen molar-refractivity contribution in [3.63, 3.8) is 0 Å². The summed E-state index contributed by atoms with van der Waals surface area (Å²) >= 11 is 7.53. The summed E-state index contributed by atoms with van der Waals surface area (Å²) in [5.74, 6) is 2.20. The molecule has 2 aromatic heterocycles. The fraction of sp³-hybridized carbons (Fsp3) is 0.364. The lowest BCUT2D eigenvalue weighted by molar-refractivity contribution is 0.532. The Morgan fingerprint density at radius 3 is 3.13 bits per heavy atom. The first-order valence-corrected chi connectivity index (χ1v) is 6.33. The minimum absolute atomic E-state index is 0.472. The molecule has 0 aliphatic heterocycles. The zero-order chi connectivity index (χ0) is 10.7. The molecule has 15 heavy (non-hydrogen) atoms. The van der Waals surface area contributed by atoms with Crippen molar-refractivity contribution in [3.8, 4) is 10.7 Å². The minimum Gasteiger partial charge on any atom is -0.330 e. The fourth-order valence-corrected chi connectivity index (χ4v) is 2.31. The van der Waals surface area contributed by atoms with Gasteiger partial charge >= 0.3 is 0 Å². The second-order valence-corrected chi connectivity index (χ2v) is 4.90. The van der Waals surface area contributed by atoms with Gasteiger partial charge in [0.25, 0.3) is 0 Å². The third kappa shape index (κ3) is 2.41. The standard InChI is InChI=1S/C11H13ClN2S/c1-9(7-12)8-14-5-4-13-11(14)10-3-2-6-15-10/h2-6,9H,7-8H2,1H3. The number of thiophene rings is 1. The van der Waals surface area contributed by atoms with Crippen molar-refractivity contribution in [1.82, 2.24) is 9.55 Å². The van der Waals surface area contributed by atoms with Crippen molar-refractivity contribution in [3.05, 3.63) is 29.9 Å². The van der Waals surface area contributed by atoms with E-state index in [2.05, 4.69) is 27.9 Å². The Morgan fingerprint density at radius 2 is 2.47 bits per heavy atom. The predicted molar refractivity (Wildman–Crippen MR) is 65.4 cm³/mol. The van der Waals surface area contributed by atoms with Crippen molar-refractivity contribution in [1.29, 1.82) is 0 Å². The van der Waals surface area contributed by atoms with Crippen LogP contribution >= 0.6 is 22.9 Å². The Kier molecular flexibility index (Phi) is 3.44. The summed E-state index contributed by atoms with van der Waals surface area (Å²) in [6.07, 6.45) is 3.86. The quantitative estimate of drug-likeness (QED) is 0.749. The first-order valence-electron chi connectivity index (χ1n) is 4.92. The van der Waals surface area contributed by atoms with E-state index in [9.17, 15) is 0 Å². The average Bonchev–Trinajstić information content (AvgIpc) is 2.86. The maximum Gasteiger partial charge on any atom is 0.149 e. The Bertz CT molecular complexity index is 408. The zero-order valence-electron chi connectivity index (χ0n) is 8.56. The van der Waals surface area contributed by atoms with Gasteiger partial charge in [0.15, 0.2) is 0 Å². The van der Waals surface area contributed by atoms with Gasteiger partial charge in [-0.3, -0.25) is 0 Å². The Labute approximate surface area is 98.5 Å². The Balaban J connectivity index is 2.23. The van der Waals surface area contributed by atoms with Crippen LogP contribution < -0.4 is 0 Å². The van der Waals surface area contributed by atoms with Crippen LogP contribution in [0.2, 0.25) is 0 Å². The van der Waals surface area contributed by atoms with E-state index in [0.29, 0.717) is 11.8 Å². The summed E-state index contributed by atoms with van der Waals surface area (Å²) in [7, 11) is 0. The van der Waals surface area contributed by atoms with Gasteiger partial charge in [-0.15, -0.1) is 22.9 Å². The molecule has 0 spiro atoms. The molecule has 0 radical (unpaired) electrons. The van der Waals surface area contributed by atoms with E-state index in [0.717, 1.165) is 12.4 Å². The fourth-order valence-electron chi connectivity index (χ4n) is 1.47. The van der Waals surface area contributed by atoms with Gasteiger partial charge in [-0.2, -0.15) is 0 Å². The number of hydrogen-bond donors (Lipinski definition) is 0. The van der Waals surface area contributed by atoms with E-state index in [1.54, 1.807) is 11.3 Å². The van der Waals surface area contributed by atoms with E-state index < -0.39 is 0 Å². The molecule has 2 heterocycles. The SMILES string of the molecule is CC(CCl)Cn1ccnc1-c1cccs1. The zero-order valence-corrected chi connectivity index (χ0v) is 10.1. The predicted octanol–water partition coefficient (Wildman–Crippen LogP) is 3.49. The van der Waals surface area contributed by atoms with E-state index >= 15 is 0 Å². The third-order valence-corrected chi connectivity index (χ3v) is 3.62. The first-order chi connectivity index (χ1) is 7.31. The molecule has 2 aromatic rings. The minimum atomic E-state index is 0.472. The van der Waals surface area contributed by atoms with Gasteiger partial charge in [0.2, 0.25) is 0 Å². The lowest BCUT2D eigenvalue weighted by Crippen LogP contribution is -2.08. The maximum atomic E-state index is 5.82. The van der Waals surface area contributed by atoms with Gasteiger partial charge < -0.3 is 4.57 Å². The normalized spacial score (nSPS) is 12.9. The molecule has 4 heteroatoms. The summed E-state index contributed by atoms with van der Waals surface area (Å²) in [5.41, 5.74) is 0. The Hall–Kier alpha value is -0.800. The largest absolute Gasteiger partial charge is 0.330 e. The smallest absolute Gasteiger partial charge is 0.149 e. The monoisotopic (exact) mass is 240 g/mol. The molecule has 0 amide bonds. The van der Waals surface area contributed by atoms with Gasteiger partial charge in [-0.25, -0.2) is 4.98 Å². The van der Waals surface area contributed by atoms with Gasteiger partial charge in [-0.05, 0) is 17.4 Å². The summed E-state index contributed by atoms with van der Waals surface area (Å²) in [6, 6.07) is 4.14. The van der Waals surface area contributed by atoms with Crippen LogP contribution in [-0.2, 0) is 6.54 Å². The van der Waals surface area contributed by atoms with Gasteiger partial charge in [0.1, 0.15) is 5.82 Å². The molecule has 2 rings (SSSR count). The van der Waals surface area contributed by atoms with Crippen LogP contribution in [0.15, 0.2) is 29.9 Å². The third-order valence-electron chi connectivity index (χ3n) is 2.23. The molecule has 1 unspecified atom stereocenters. The van der Waals surface area contributed by atoms with Crippen LogP contribution in [0.1, 0.15) is 6.92 Å². The Morgan fingerprint density at radius 1 is 1.60 bits per heavy atom. The molecule has 80 valence electrons. The van der Waals surface area contributed by atoms with Crippen LogP contribution in [-0.4, -0.2) is 15.4 Å². The second kappa shape index (κ2) is 4.81. The number of imidazole rings is 1. The number of halogens is 1.